The highest BCUT2D eigenvalue weighted by atomic mass is 19.4. The Hall–Kier alpha value is -2.02. The van der Waals surface area contributed by atoms with E-state index in [1.165, 1.54) is 6.07 Å². The second-order valence-corrected chi connectivity index (χ2v) is 4.76. The number of halogens is 3. The van der Waals surface area contributed by atoms with Crippen molar-refractivity contribution >= 4 is 5.96 Å². The van der Waals surface area contributed by atoms with Crippen LogP contribution in [0.25, 0.3) is 0 Å². The van der Waals surface area contributed by atoms with Crippen LogP contribution < -0.4 is 16.8 Å². The van der Waals surface area contributed by atoms with E-state index in [9.17, 15) is 13.2 Å². The molecule has 1 unspecified atom stereocenters. The zero-order chi connectivity index (χ0) is 15.1. The van der Waals surface area contributed by atoms with E-state index in [0.29, 0.717) is 0 Å². The topological polar surface area (TPSA) is 76.4 Å². The Balaban J connectivity index is 2.61. The first kappa shape index (κ1) is 14.4. The summed E-state index contributed by atoms with van der Waals surface area (Å²) in [6.45, 7) is 3.66. The van der Waals surface area contributed by atoms with Crippen molar-refractivity contribution in [3.8, 4) is 0 Å². The van der Waals surface area contributed by atoms with Crippen molar-refractivity contribution < 1.29 is 13.2 Å². The Bertz CT molecular complexity index is 604. The third-order valence-corrected chi connectivity index (χ3v) is 3.32. The molecule has 0 radical (unpaired) electrons. The quantitative estimate of drug-likeness (QED) is 0.735. The van der Waals surface area contributed by atoms with Gasteiger partial charge in [0.05, 0.1) is 5.57 Å². The summed E-state index contributed by atoms with van der Waals surface area (Å²) in [4.78, 5) is 3.78. The molecule has 20 heavy (non-hydrogen) atoms. The second kappa shape index (κ2) is 4.52. The molecular weight excluding hydrogens is 269 g/mol. The van der Waals surface area contributed by atoms with Gasteiger partial charge < -0.3 is 11.1 Å². The number of alkyl halides is 3. The van der Waals surface area contributed by atoms with Crippen LogP contribution in [0.3, 0.4) is 0 Å². The summed E-state index contributed by atoms with van der Waals surface area (Å²) >= 11 is 0. The minimum Gasteiger partial charge on any atom is -0.370 e. The zero-order valence-electron chi connectivity index (χ0n) is 11.0. The van der Waals surface area contributed by atoms with Gasteiger partial charge in [-0.25, -0.2) is 4.99 Å². The highest BCUT2D eigenvalue weighted by molar-refractivity contribution is 5.81. The van der Waals surface area contributed by atoms with Gasteiger partial charge in [0.1, 0.15) is 0 Å². The maximum atomic E-state index is 13.1. The Morgan fingerprint density at radius 3 is 2.40 bits per heavy atom. The van der Waals surface area contributed by atoms with Gasteiger partial charge in [0.25, 0.3) is 0 Å². The van der Waals surface area contributed by atoms with Gasteiger partial charge in [-0.15, -0.1) is 0 Å². The molecule has 1 aliphatic heterocycles. The van der Waals surface area contributed by atoms with Crippen molar-refractivity contribution in [1.29, 1.82) is 0 Å². The first-order valence-corrected chi connectivity index (χ1v) is 5.91. The molecule has 1 aliphatic rings. The van der Waals surface area contributed by atoms with E-state index in [2.05, 4.69) is 10.3 Å². The molecule has 0 fully saturated rings. The van der Waals surface area contributed by atoms with E-state index < -0.39 is 17.4 Å². The number of nitrogens with two attached hydrogens (primary N) is 2. The summed E-state index contributed by atoms with van der Waals surface area (Å²) in [5, 5.41) is 2.26. The van der Waals surface area contributed by atoms with Crippen LogP contribution in [0.4, 0.5) is 13.2 Å². The van der Waals surface area contributed by atoms with Crippen molar-refractivity contribution in [2.45, 2.75) is 25.7 Å². The fraction of sp³-hybridized carbons (Fsp3) is 0.308. The number of nitrogens with one attached hydrogen (secondary N) is 1. The maximum Gasteiger partial charge on any atom is 0.418 e. The third kappa shape index (κ3) is 2.36. The molecule has 1 aromatic rings. The van der Waals surface area contributed by atoms with Crippen LogP contribution in [-0.4, -0.2) is 12.1 Å². The van der Waals surface area contributed by atoms with E-state index >= 15 is 0 Å². The van der Waals surface area contributed by atoms with E-state index in [4.69, 9.17) is 11.5 Å². The average molecular weight is 284 g/mol. The number of hydrogen-bond donors (Lipinski definition) is 3. The highest BCUT2D eigenvalue weighted by Crippen LogP contribution is 2.40. The van der Waals surface area contributed by atoms with Gasteiger partial charge in [-0.2, -0.15) is 13.2 Å². The molecule has 2 rings (SSSR count). The van der Waals surface area contributed by atoms with E-state index in [0.717, 1.165) is 17.3 Å². The zero-order valence-corrected chi connectivity index (χ0v) is 11.0. The Kier molecular flexibility index (Phi) is 3.25. The summed E-state index contributed by atoms with van der Waals surface area (Å²) in [6, 6.07) is 4.84. The molecule has 0 spiro atoms. The predicted molar refractivity (Wildman–Crippen MR) is 70.7 cm³/mol. The summed E-state index contributed by atoms with van der Waals surface area (Å²) in [5.74, 6) is -0.154. The number of hydrogen-bond acceptors (Lipinski definition) is 4. The monoisotopic (exact) mass is 284 g/mol. The van der Waals surface area contributed by atoms with Crippen molar-refractivity contribution in [1.82, 2.24) is 5.32 Å². The molecule has 0 amide bonds. The summed E-state index contributed by atoms with van der Waals surface area (Å²) in [5.41, 5.74) is 10.4. The van der Waals surface area contributed by atoms with Gasteiger partial charge in [0.15, 0.2) is 11.6 Å². The maximum absolute atomic E-state index is 13.1. The lowest BCUT2D eigenvalue weighted by Gasteiger charge is -2.33. The minimum atomic E-state index is -4.61. The first-order chi connectivity index (χ1) is 9.14. The van der Waals surface area contributed by atoms with E-state index in [1.807, 2.05) is 6.92 Å². The smallest absolute Gasteiger partial charge is 0.370 e. The Morgan fingerprint density at radius 1 is 1.20 bits per heavy atom. The molecule has 108 valence electrons. The standard InChI is InChI=1S/C13H15F3N4/c1-7-3-4-9(5-8(7)2)12(18)10(13(14,15)16)6-19-11(17)20-12/h3-6H,18H2,1-2H3,(H3,17,19,20). The minimum absolute atomic E-state index is 0.154. The Labute approximate surface area is 114 Å². The second-order valence-electron chi connectivity index (χ2n) is 4.76. The molecule has 0 aliphatic carbocycles. The predicted octanol–water partition coefficient (Wildman–Crippen LogP) is 1.78. The molecule has 0 saturated heterocycles. The number of benzene rings is 1. The van der Waals surface area contributed by atoms with Crippen LogP contribution in [0, 0.1) is 13.8 Å². The summed E-state index contributed by atoms with van der Waals surface area (Å²) < 4.78 is 39.4. The third-order valence-electron chi connectivity index (χ3n) is 3.32. The fourth-order valence-electron chi connectivity index (χ4n) is 2.04. The van der Waals surface area contributed by atoms with Gasteiger partial charge in [-0.1, -0.05) is 18.2 Å². The lowest BCUT2D eigenvalue weighted by atomic mass is 9.89. The van der Waals surface area contributed by atoms with Crippen LogP contribution in [0.1, 0.15) is 16.7 Å². The molecule has 0 saturated carbocycles. The van der Waals surface area contributed by atoms with Gasteiger partial charge in [0, 0.05) is 6.20 Å². The van der Waals surface area contributed by atoms with Gasteiger partial charge in [-0.05, 0) is 30.5 Å². The number of aryl methyl sites for hydroxylation is 2. The lowest BCUT2D eigenvalue weighted by molar-refractivity contribution is -0.102. The van der Waals surface area contributed by atoms with Crippen molar-refractivity contribution in [2.24, 2.45) is 16.5 Å². The summed E-state index contributed by atoms with van der Waals surface area (Å²) in [6.07, 6.45) is -3.84. The number of aliphatic imine (C=N–C) groups is 1. The number of guanidine groups is 1. The van der Waals surface area contributed by atoms with Crippen molar-refractivity contribution in [3.05, 3.63) is 46.7 Å². The number of rotatable bonds is 1. The van der Waals surface area contributed by atoms with Crippen LogP contribution in [0.5, 0.6) is 0 Å². The van der Waals surface area contributed by atoms with Crippen LogP contribution >= 0.6 is 0 Å². The molecule has 0 bridgehead atoms. The van der Waals surface area contributed by atoms with Gasteiger partial charge >= 0.3 is 6.18 Å². The molecule has 7 heteroatoms. The van der Waals surface area contributed by atoms with Crippen molar-refractivity contribution in [3.63, 3.8) is 0 Å². The first-order valence-electron chi connectivity index (χ1n) is 5.91. The summed E-state index contributed by atoms with van der Waals surface area (Å²) in [7, 11) is 0. The van der Waals surface area contributed by atoms with Crippen LogP contribution in [0.15, 0.2) is 35.0 Å². The van der Waals surface area contributed by atoms with Crippen molar-refractivity contribution in [2.75, 3.05) is 0 Å². The SMILES string of the molecule is Cc1ccc(C2(N)N=C(N)NC=C2C(F)(F)F)cc1C. The fourth-order valence-corrected chi connectivity index (χ4v) is 2.04. The normalized spacial score (nSPS) is 22.9. The van der Waals surface area contributed by atoms with E-state index in [1.54, 1.807) is 19.1 Å². The molecule has 1 atom stereocenters. The Morgan fingerprint density at radius 2 is 1.85 bits per heavy atom. The highest BCUT2D eigenvalue weighted by Gasteiger charge is 2.49. The molecule has 1 aromatic carbocycles. The van der Waals surface area contributed by atoms with Crippen LogP contribution in [0.2, 0.25) is 0 Å². The molecule has 0 aromatic heterocycles. The molecular formula is C13H15F3N4. The van der Waals surface area contributed by atoms with Gasteiger partial charge in [-0.3, -0.25) is 5.73 Å². The number of nitrogens with zero attached hydrogens (tertiary/aromatic N) is 1. The average Bonchev–Trinajstić information content (AvgIpc) is 2.30. The molecule has 4 nitrogen and oxygen atoms in total. The van der Waals surface area contributed by atoms with E-state index in [-0.39, 0.29) is 11.5 Å². The molecule has 1 heterocycles. The van der Waals surface area contributed by atoms with Gasteiger partial charge in [0.2, 0.25) is 0 Å². The van der Waals surface area contributed by atoms with Crippen LogP contribution in [-0.2, 0) is 5.66 Å². The largest absolute Gasteiger partial charge is 0.418 e. The lowest BCUT2D eigenvalue weighted by Crippen LogP contribution is -2.49. The molecule has 5 N–H and O–H groups in total.